The lowest BCUT2D eigenvalue weighted by molar-refractivity contribution is -0.150. The van der Waals surface area contributed by atoms with Gasteiger partial charge in [-0.2, -0.15) is 0 Å². The van der Waals surface area contributed by atoms with Gasteiger partial charge in [0.2, 0.25) is 11.8 Å². The van der Waals surface area contributed by atoms with Gasteiger partial charge in [0.25, 0.3) is 5.91 Å². The van der Waals surface area contributed by atoms with E-state index in [4.69, 9.17) is 4.74 Å². The Morgan fingerprint density at radius 3 is 2.50 bits per heavy atom. The molecular weight excluding hydrogens is 450 g/mol. The molecule has 156 valence electrons. The van der Waals surface area contributed by atoms with Crippen LogP contribution in [0.25, 0.3) is 0 Å². The van der Waals surface area contributed by atoms with Crippen LogP contribution in [0.5, 0.6) is 5.75 Å². The van der Waals surface area contributed by atoms with Gasteiger partial charge in [-0.3, -0.25) is 24.2 Å². The van der Waals surface area contributed by atoms with Crippen LogP contribution in [-0.4, -0.2) is 49.4 Å². The zero-order chi connectivity index (χ0) is 21.4. The molecule has 30 heavy (non-hydrogen) atoms. The number of likely N-dealkylation sites (tertiary alicyclic amines) is 1. The minimum atomic E-state index is -0.699. The van der Waals surface area contributed by atoms with Crippen molar-refractivity contribution in [1.29, 1.82) is 0 Å². The zero-order valence-corrected chi connectivity index (χ0v) is 18.4. The van der Waals surface area contributed by atoms with Gasteiger partial charge in [0.1, 0.15) is 11.8 Å². The number of amides is 3. The summed E-state index contributed by atoms with van der Waals surface area (Å²) in [5.74, 6) is -0.00709. The molecule has 0 radical (unpaired) electrons. The first-order valence-electron chi connectivity index (χ1n) is 9.69. The number of likely N-dealkylation sites (N-methyl/N-ethyl adjacent to an activating group) is 1. The maximum Gasteiger partial charge on any atom is 0.252 e. The van der Waals surface area contributed by atoms with E-state index < -0.39 is 6.04 Å². The minimum absolute atomic E-state index is 0.153. The molecular formula is C22H22BrN3O4. The van der Waals surface area contributed by atoms with Crippen molar-refractivity contribution in [1.82, 2.24) is 4.90 Å². The summed E-state index contributed by atoms with van der Waals surface area (Å²) in [4.78, 5) is 43.5. The van der Waals surface area contributed by atoms with E-state index in [-0.39, 0.29) is 37.2 Å². The Hall–Kier alpha value is -2.87. The number of piperidine rings is 1. The molecule has 0 bridgehead atoms. The van der Waals surface area contributed by atoms with Gasteiger partial charge in [-0.05, 0) is 52.2 Å². The number of rotatable bonds is 4. The highest BCUT2D eigenvalue weighted by atomic mass is 79.9. The lowest BCUT2D eigenvalue weighted by atomic mass is 9.99. The molecule has 2 heterocycles. The van der Waals surface area contributed by atoms with E-state index in [1.54, 1.807) is 24.1 Å². The van der Waals surface area contributed by atoms with Crippen molar-refractivity contribution < 1.29 is 19.1 Å². The quantitative estimate of drug-likeness (QED) is 0.641. The van der Waals surface area contributed by atoms with Crippen molar-refractivity contribution in [2.45, 2.75) is 25.4 Å². The topological polar surface area (TPSA) is 70.2 Å². The van der Waals surface area contributed by atoms with Crippen LogP contribution in [0.15, 0.2) is 46.9 Å². The van der Waals surface area contributed by atoms with Crippen molar-refractivity contribution in [2.75, 3.05) is 30.5 Å². The smallest absolute Gasteiger partial charge is 0.252 e. The first-order valence-corrected chi connectivity index (χ1v) is 10.5. The van der Waals surface area contributed by atoms with Crippen LogP contribution in [0.3, 0.4) is 0 Å². The molecule has 1 saturated heterocycles. The number of fused-ring (bicyclic) bond motifs is 1. The largest absolute Gasteiger partial charge is 0.497 e. The second-order valence-corrected chi connectivity index (χ2v) is 8.30. The Labute approximate surface area is 183 Å². The van der Waals surface area contributed by atoms with Crippen molar-refractivity contribution in [2.24, 2.45) is 0 Å². The Bertz CT molecular complexity index is 1010. The van der Waals surface area contributed by atoms with Crippen LogP contribution >= 0.6 is 15.9 Å². The van der Waals surface area contributed by atoms with Gasteiger partial charge in [-0.25, -0.2) is 0 Å². The van der Waals surface area contributed by atoms with E-state index in [1.807, 2.05) is 42.3 Å². The fourth-order valence-electron chi connectivity index (χ4n) is 4.05. The highest BCUT2D eigenvalue weighted by Crippen LogP contribution is 2.41. The van der Waals surface area contributed by atoms with Crippen LogP contribution < -0.4 is 14.5 Å². The van der Waals surface area contributed by atoms with Crippen molar-refractivity contribution >= 4 is 45.0 Å². The molecule has 1 fully saturated rings. The highest BCUT2D eigenvalue weighted by molar-refractivity contribution is 9.10. The average Bonchev–Trinajstić information content (AvgIpc) is 2.73. The summed E-state index contributed by atoms with van der Waals surface area (Å²) in [5.41, 5.74) is 2.37. The molecule has 4 rings (SSSR count). The number of methoxy groups -OCH3 is 1. The first-order chi connectivity index (χ1) is 14.4. The summed E-state index contributed by atoms with van der Waals surface area (Å²) in [6.07, 6.45) is 0.535. The lowest BCUT2D eigenvalue weighted by Gasteiger charge is -2.42. The number of benzene rings is 2. The van der Waals surface area contributed by atoms with E-state index in [2.05, 4.69) is 15.9 Å². The number of nitrogens with zero attached hydrogens (tertiary/aromatic N) is 3. The summed E-state index contributed by atoms with van der Waals surface area (Å²) < 4.78 is 6.02. The third-order valence-electron chi connectivity index (χ3n) is 5.54. The van der Waals surface area contributed by atoms with Gasteiger partial charge in [-0.15, -0.1) is 0 Å². The Morgan fingerprint density at radius 2 is 1.80 bits per heavy atom. The fourth-order valence-corrected chi connectivity index (χ4v) is 4.71. The van der Waals surface area contributed by atoms with Crippen LogP contribution in [0, 0.1) is 0 Å². The van der Waals surface area contributed by atoms with Gasteiger partial charge in [0, 0.05) is 17.9 Å². The molecule has 8 heteroatoms. The van der Waals surface area contributed by atoms with E-state index in [9.17, 15) is 14.4 Å². The average molecular weight is 472 g/mol. The van der Waals surface area contributed by atoms with E-state index in [1.165, 1.54) is 4.90 Å². The monoisotopic (exact) mass is 471 g/mol. The highest BCUT2D eigenvalue weighted by Gasteiger charge is 2.43. The fraction of sp³-hybridized carbons (Fsp3) is 0.318. The number of ether oxygens (including phenoxy) is 1. The van der Waals surface area contributed by atoms with Crippen LogP contribution in [0.4, 0.5) is 11.4 Å². The Kier molecular flexibility index (Phi) is 5.51. The van der Waals surface area contributed by atoms with Gasteiger partial charge in [0.05, 0.1) is 31.6 Å². The number of anilines is 2. The summed E-state index contributed by atoms with van der Waals surface area (Å²) in [6.45, 7) is 0.344. The second-order valence-electron chi connectivity index (χ2n) is 7.45. The Balaban J connectivity index is 1.64. The number of hydrogen-bond acceptors (Lipinski definition) is 5. The standard InChI is InChI=1S/C22H22BrN3O4/c1-24-13-20(28)26(17-5-3-4-16(23)21(17)24)18-10-11-19(27)25(22(18)29)12-14-6-8-15(30-2)9-7-14/h3-9,18H,10-13H2,1-2H3. The van der Waals surface area contributed by atoms with Crippen molar-refractivity contribution in [3.05, 3.63) is 52.5 Å². The summed E-state index contributed by atoms with van der Waals surface area (Å²) in [7, 11) is 3.43. The predicted molar refractivity (Wildman–Crippen MR) is 116 cm³/mol. The summed E-state index contributed by atoms with van der Waals surface area (Å²) in [5, 5.41) is 0. The van der Waals surface area contributed by atoms with E-state index in [0.29, 0.717) is 17.9 Å². The van der Waals surface area contributed by atoms with Crippen molar-refractivity contribution in [3.63, 3.8) is 0 Å². The molecule has 0 saturated carbocycles. The van der Waals surface area contributed by atoms with Gasteiger partial charge >= 0.3 is 0 Å². The predicted octanol–water partition coefficient (Wildman–Crippen LogP) is 2.96. The van der Waals surface area contributed by atoms with Gasteiger partial charge in [-0.1, -0.05) is 18.2 Å². The summed E-state index contributed by atoms with van der Waals surface area (Å²) in [6, 6.07) is 12.1. The molecule has 0 N–H and O–H groups in total. The third-order valence-corrected chi connectivity index (χ3v) is 6.18. The Morgan fingerprint density at radius 1 is 1.07 bits per heavy atom. The SMILES string of the molecule is COc1ccc(CN2C(=O)CCC(N3C(=O)CN(C)c4c(Br)cccc43)C2=O)cc1. The lowest BCUT2D eigenvalue weighted by Crippen LogP contribution is -2.59. The summed E-state index contributed by atoms with van der Waals surface area (Å²) >= 11 is 3.55. The van der Waals surface area contributed by atoms with E-state index in [0.717, 1.165) is 15.7 Å². The first kappa shape index (κ1) is 20.4. The number of halogens is 1. The minimum Gasteiger partial charge on any atom is -0.497 e. The third kappa shape index (κ3) is 3.56. The van der Waals surface area contributed by atoms with Crippen LogP contribution in [0.2, 0.25) is 0 Å². The number of carbonyl (C=O) groups excluding carboxylic acids is 3. The molecule has 2 aromatic rings. The molecule has 1 unspecified atom stereocenters. The normalized spacial score (nSPS) is 19.2. The molecule has 7 nitrogen and oxygen atoms in total. The molecule has 0 spiro atoms. The van der Waals surface area contributed by atoms with Gasteiger partial charge in [0.15, 0.2) is 0 Å². The maximum absolute atomic E-state index is 13.3. The molecule has 1 atom stereocenters. The molecule has 3 amide bonds. The zero-order valence-electron chi connectivity index (χ0n) is 16.8. The van der Waals surface area contributed by atoms with Crippen LogP contribution in [0.1, 0.15) is 18.4 Å². The molecule has 0 aliphatic carbocycles. The molecule has 2 aliphatic heterocycles. The number of imide groups is 1. The molecule has 2 aromatic carbocycles. The molecule has 2 aliphatic rings. The second kappa shape index (κ2) is 8.10. The van der Waals surface area contributed by atoms with Crippen molar-refractivity contribution in [3.8, 4) is 5.75 Å². The van der Waals surface area contributed by atoms with E-state index >= 15 is 0 Å². The molecule has 0 aromatic heterocycles. The number of hydrogen-bond donors (Lipinski definition) is 0. The maximum atomic E-state index is 13.3. The van der Waals surface area contributed by atoms with Crippen LogP contribution in [-0.2, 0) is 20.9 Å². The van der Waals surface area contributed by atoms with Gasteiger partial charge < -0.3 is 9.64 Å². The number of carbonyl (C=O) groups is 3. The number of para-hydroxylation sites is 1.